The molecule has 8 nitrogen and oxygen atoms in total. The molecule has 140 valence electrons. The Morgan fingerprint density at radius 1 is 1.23 bits per heavy atom. The quantitative estimate of drug-likeness (QED) is 0.507. The molecule has 0 unspecified atom stereocenters. The van der Waals surface area contributed by atoms with Gasteiger partial charge in [0.1, 0.15) is 5.82 Å². The van der Waals surface area contributed by atoms with Crippen LogP contribution in [0.3, 0.4) is 0 Å². The van der Waals surface area contributed by atoms with Crippen molar-refractivity contribution in [2.45, 2.75) is 25.0 Å². The summed E-state index contributed by atoms with van der Waals surface area (Å²) < 4.78 is 6.80. The maximum Gasteiger partial charge on any atom is 0.321 e. The minimum absolute atomic E-state index is 0.0845. The van der Waals surface area contributed by atoms with E-state index < -0.39 is 6.03 Å². The Labute approximate surface area is 156 Å². The Morgan fingerprint density at radius 3 is 2.69 bits per heavy atom. The highest BCUT2D eigenvalue weighted by atomic mass is 32.2. The van der Waals surface area contributed by atoms with E-state index in [9.17, 15) is 9.59 Å². The van der Waals surface area contributed by atoms with Crippen molar-refractivity contribution in [1.82, 2.24) is 25.4 Å². The van der Waals surface area contributed by atoms with Crippen LogP contribution in [0.25, 0.3) is 0 Å². The van der Waals surface area contributed by atoms with Gasteiger partial charge in [0.05, 0.1) is 12.4 Å². The predicted octanol–water partition coefficient (Wildman–Crippen LogP) is 1.45. The predicted molar refractivity (Wildman–Crippen MR) is 99.1 cm³/mol. The zero-order valence-electron chi connectivity index (χ0n) is 14.9. The van der Waals surface area contributed by atoms with Crippen LogP contribution < -0.4 is 10.6 Å². The van der Waals surface area contributed by atoms with Gasteiger partial charge in [0, 0.05) is 26.6 Å². The summed E-state index contributed by atoms with van der Waals surface area (Å²) in [6.07, 6.45) is 0.677. The van der Waals surface area contributed by atoms with Gasteiger partial charge in [0.15, 0.2) is 5.16 Å². The smallest absolute Gasteiger partial charge is 0.321 e. The van der Waals surface area contributed by atoms with Gasteiger partial charge in [-0.3, -0.25) is 10.1 Å². The molecule has 1 aromatic heterocycles. The van der Waals surface area contributed by atoms with Crippen LogP contribution in [0.4, 0.5) is 4.79 Å². The van der Waals surface area contributed by atoms with Crippen molar-refractivity contribution in [2.24, 2.45) is 0 Å². The van der Waals surface area contributed by atoms with Crippen molar-refractivity contribution in [3.8, 4) is 0 Å². The molecule has 0 aliphatic rings. The third kappa shape index (κ3) is 6.16. The molecule has 0 spiro atoms. The lowest BCUT2D eigenvalue weighted by Gasteiger charge is -2.08. The summed E-state index contributed by atoms with van der Waals surface area (Å²) in [6, 6.07) is 9.49. The molecule has 26 heavy (non-hydrogen) atoms. The van der Waals surface area contributed by atoms with Gasteiger partial charge < -0.3 is 14.6 Å². The molecule has 0 aliphatic carbocycles. The van der Waals surface area contributed by atoms with Gasteiger partial charge in [0.25, 0.3) is 0 Å². The van der Waals surface area contributed by atoms with Crippen LogP contribution in [0, 0.1) is 0 Å². The number of ether oxygens (including phenoxy) is 1. The SMILES string of the molecule is CCn1c(Cc2ccccc2)nnc1SCC(=O)NC(=O)NCCOC. The van der Waals surface area contributed by atoms with Crippen LogP contribution in [-0.2, 0) is 22.5 Å². The van der Waals surface area contributed by atoms with Crippen LogP contribution in [0.1, 0.15) is 18.3 Å². The molecule has 0 radical (unpaired) electrons. The van der Waals surface area contributed by atoms with Crippen molar-refractivity contribution in [1.29, 1.82) is 0 Å². The molecular weight excluding hydrogens is 354 g/mol. The number of aromatic nitrogens is 3. The van der Waals surface area contributed by atoms with Crippen molar-refractivity contribution in [2.75, 3.05) is 26.0 Å². The minimum Gasteiger partial charge on any atom is -0.383 e. The lowest BCUT2D eigenvalue weighted by molar-refractivity contribution is -0.117. The van der Waals surface area contributed by atoms with E-state index in [1.54, 1.807) is 0 Å². The lowest BCUT2D eigenvalue weighted by atomic mass is 10.1. The van der Waals surface area contributed by atoms with E-state index in [0.717, 1.165) is 11.4 Å². The molecule has 1 aromatic carbocycles. The summed E-state index contributed by atoms with van der Waals surface area (Å²) in [7, 11) is 1.54. The number of methoxy groups -OCH3 is 1. The van der Waals surface area contributed by atoms with Crippen molar-refractivity contribution in [3.63, 3.8) is 0 Å². The van der Waals surface area contributed by atoms with Gasteiger partial charge in [-0.15, -0.1) is 10.2 Å². The van der Waals surface area contributed by atoms with E-state index in [1.165, 1.54) is 18.9 Å². The summed E-state index contributed by atoms with van der Waals surface area (Å²) >= 11 is 1.25. The molecule has 0 saturated heterocycles. The van der Waals surface area contributed by atoms with Gasteiger partial charge in [-0.2, -0.15) is 0 Å². The topological polar surface area (TPSA) is 98.1 Å². The Kier molecular flexibility index (Phi) is 8.10. The fraction of sp³-hybridized carbons (Fsp3) is 0.412. The van der Waals surface area contributed by atoms with Crippen molar-refractivity contribution < 1.29 is 14.3 Å². The molecule has 0 saturated carbocycles. The molecule has 3 amide bonds. The zero-order valence-corrected chi connectivity index (χ0v) is 15.7. The van der Waals surface area contributed by atoms with E-state index >= 15 is 0 Å². The molecule has 9 heteroatoms. The number of nitrogens with one attached hydrogen (secondary N) is 2. The number of carbonyl (C=O) groups excluding carboxylic acids is 2. The number of rotatable bonds is 9. The number of urea groups is 1. The van der Waals surface area contributed by atoms with E-state index in [-0.39, 0.29) is 11.7 Å². The normalized spacial score (nSPS) is 10.5. The number of imide groups is 1. The second-order valence-corrected chi connectivity index (χ2v) is 6.33. The highest BCUT2D eigenvalue weighted by Crippen LogP contribution is 2.18. The molecule has 2 rings (SSSR count). The largest absolute Gasteiger partial charge is 0.383 e. The summed E-state index contributed by atoms with van der Waals surface area (Å²) in [4.78, 5) is 23.4. The second-order valence-electron chi connectivity index (χ2n) is 5.39. The number of hydrogen-bond acceptors (Lipinski definition) is 6. The molecule has 2 aromatic rings. The van der Waals surface area contributed by atoms with E-state index in [1.807, 2.05) is 41.8 Å². The lowest BCUT2D eigenvalue weighted by Crippen LogP contribution is -2.41. The molecule has 0 fully saturated rings. The fourth-order valence-corrected chi connectivity index (χ4v) is 3.08. The van der Waals surface area contributed by atoms with Crippen LogP contribution in [0.15, 0.2) is 35.5 Å². The van der Waals surface area contributed by atoms with E-state index in [4.69, 9.17) is 4.74 Å². The first-order valence-corrected chi connectivity index (χ1v) is 9.28. The summed E-state index contributed by atoms with van der Waals surface area (Å²) in [5.74, 6) is 0.542. The molecule has 0 bridgehead atoms. The third-order valence-electron chi connectivity index (χ3n) is 3.49. The summed E-state index contributed by atoms with van der Waals surface area (Å²) in [5, 5.41) is 13.9. The van der Waals surface area contributed by atoms with Crippen LogP contribution in [0.2, 0.25) is 0 Å². The number of benzene rings is 1. The van der Waals surface area contributed by atoms with Gasteiger partial charge in [-0.1, -0.05) is 42.1 Å². The maximum absolute atomic E-state index is 11.9. The number of thioether (sulfide) groups is 1. The average Bonchev–Trinajstić information content (AvgIpc) is 3.02. The molecule has 0 atom stereocenters. The molecule has 2 N–H and O–H groups in total. The van der Waals surface area contributed by atoms with E-state index in [0.29, 0.717) is 31.3 Å². The van der Waals surface area contributed by atoms with Gasteiger partial charge >= 0.3 is 6.03 Å². The highest BCUT2D eigenvalue weighted by Gasteiger charge is 2.14. The number of amides is 3. The minimum atomic E-state index is -0.533. The summed E-state index contributed by atoms with van der Waals surface area (Å²) in [6.45, 7) is 3.44. The Balaban J connectivity index is 1.87. The maximum atomic E-state index is 11.9. The Morgan fingerprint density at radius 2 is 2.00 bits per heavy atom. The fourth-order valence-electron chi connectivity index (χ4n) is 2.26. The van der Waals surface area contributed by atoms with Gasteiger partial charge in [-0.25, -0.2) is 4.79 Å². The number of hydrogen-bond donors (Lipinski definition) is 2. The molecule has 1 heterocycles. The average molecular weight is 377 g/mol. The van der Waals surface area contributed by atoms with Gasteiger partial charge in [0.2, 0.25) is 5.91 Å². The summed E-state index contributed by atoms with van der Waals surface area (Å²) in [5.41, 5.74) is 1.15. The molecular formula is C17H23N5O3S. The highest BCUT2D eigenvalue weighted by molar-refractivity contribution is 7.99. The van der Waals surface area contributed by atoms with Crippen LogP contribution in [0.5, 0.6) is 0 Å². The first kappa shape index (κ1) is 19.9. The van der Waals surface area contributed by atoms with Crippen molar-refractivity contribution in [3.05, 3.63) is 41.7 Å². The van der Waals surface area contributed by atoms with Gasteiger partial charge in [-0.05, 0) is 12.5 Å². The first-order chi connectivity index (χ1) is 12.6. The van der Waals surface area contributed by atoms with Crippen LogP contribution >= 0.6 is 11.8 Å². The Hall–Kier alpha value is -2.39. The van der Waals surface area contributed by atoms with E-state index in [2.05, 4.69) is 20.8 Å². The third-order valence-corrected chi connectivity index (χ3v) is 4.46. The Bertz CT molecular complexity index is 720. The standard InChI is InChI=1S/C17H23N5O3S/c1-3-22-14(11-13-7-5-4-6-8-13)20-21-17(22)26-12-15(23)19-16(24)18-9-10-25-2/h4-8H,3,9-12H2,1-2H3,(H2,18,19,23,24). The second kappa shape index (κ2) is 10.6. The first-order valence-electron chi connectivity index (χ1n) is 8.29. The number of carbonyl (C=O) groups is 2. The monoisotopic (exact) mass is 377 g/mol. The zero-order chi connectivity index (χ0) is 18.8. The number of nitrogens with zero attached hydrogens (tertiary/aromatic N) is 3. The van der Waals surface area contributed by atoms with Crippen LogP contribution in [-0.4, -0.2) is 52.7 Å². The van der Waals surface area contributed by atoms with Crippen molar-refractivity contribution >= 4 is 23.7 Å². The molecule has 0 aliphatic heterocycles.